The quantitative estimate of drug-likeness (QED) is 0.310. The van der Waals surface area contributed by atoms with Crippen LogP contribution in [-0.2, 0) is 32.2 Å². The van der Waals surface area contributed by atoms with Gasteiger partial charge in [-0.25, -0.2) is 4.79 Å². The number of carboxylic acid groups (broad SMARTS) is 1. The largest absolute Gasteiger partial charge is 0.488 e. The maximum Gasteiger partial charge on any atom is 0.338 e. The van der Waals surface area contributed by atoms with Crippen LogP contribution in [-0.4, -0.2) is 120 Å². The van der Waals surface area contributed by atoms with Crippen molar-refractivity contribution in [3.63, 3.8) is 0 Å². The predicted molar refractivity (Wildman–Crippen MR) is 197 cm³/mol. The summed E-state index contributed by atoms with van der Waals surface area (Å²) in [5, 5.41) is 13.0. The number of rotatable bonds is 11. The van der Waals surface area contributed by atoms with Gasteiger partial charge >= 0.3 is 17.9 Å². The van der Waals surface area contributed by atoms with Gasteiger partial charge in [0.1, 0.15) is 34.9 Å². The minimum absolute atomic E-state index is 0.0726. The molecule has 1 aliphatic heterocycles. The first-order valence-electron chi connectivity index (χ1n) is 17.8. The zero-order chi connectivity index (χ0) is 37.8. The Hall–Kier alpha value is -3.71. The number of nitrogens with zero attached hydrogens (tertiary/aromatic N) is 3. The van der Waals surface area contributed by atoms with Crippen LogP contribution in [0.2, 0.25) is 0 Å². The molecule has 1 fully saturated rings. The highest BCUT2D eigenvalue weighted by Gasteiger charge is 2.27. The molecule has 1 aliphatic rings. The van der Waals surface area contributed by atoms with E-state index in [1.165, 1.54) is 0 Å². The number of hydrogen-bond donors (Lipinski definition) is 2. The maximum absolute atomic E-state index is 13.5. The molecule has 1 heterocycles. The molecule has 51 heavy (non-hydrogen) atoms. The van der Waals surface area contributed by atoms with Crippen molar-refractivity contribution in [2.24, 2.45) is 0 Å². The first-order chi connectivity index (χ1) is 23.8. The number of aliphatic carboxylic acids is 1. The Morgan fingerprint density at radius 3 is 1.71 bits per heavy atom. The van der Waals surface area contributed by atoms with E-state index in [1.807, 2.05) is 97.5 Å². The molecular formula is C39H60N4O8. The van der Waals surface area contributed by atoms with Crippen molar-refractivity contribution in [3.8, 4) is 11.5 Å². The third kappa shape index (κ3) is 16.5. The van der Waals surface area contributed by atoms with Gasteiger partial charge in [0.25, 0.3) is 0 Å². The summed E-state index contributed by atoms with van der Waals surface area (Å²) in [6, 6.07) is 12.9. The summed E-state index contributed by atoms with van der Waals surface area (Å²) in [6.45, 7) is 22.4. The van der Waals surface area contributed by atoms with Gasteiger partial charge in [-0.15, -0.1) is 0 Å². The zero-order valence-electron chi connectivity index (χ0n) is 32.2. The van der Waals surface area contributed by atoms with Crippen LogP contribution in [0.15, 0.2) is 42.5 Å². The van der Waals surface area contributed by atoms with Crippen molar-refractivity contribution in [3.05, 3.63) is 59.2 Å². The van der Waals surface area contributed by atoms with E-state index >= 15 is 0 Å². The summed E-state index contributed by atoms with van der Waals surface area (Å²) < 4.78 is 24.4. The number of ether oxygens (including phenoxy) is 4. The first kappa shape index (κ1) is 41.7. The van der Waals surface area contributed by atoms with Gasteiger partial charge in [0, 0.05) is 58.9 Å². The van der Waals surface area contributed by atoms with Crippen molar-refractivity contribution in [1.82, 2.24) is 20.0 Å². The van der Waals surface area contributed by atoms with E-state index < -0.39 is 28.7 Å². The Balaban J connectivity index is 2.01. The van der Waals surface area contributed by atoms with Crippen molar-refractivity contribution in [2.45, 2.75) is 92.3 Å². The van der Waals surface area contributed by atoms with E-state index in [9.17, 15) is 19.5 Å². The van der Waals surface area contributed by atoms with Crippen molar-refractivity contribution in [1.29, 1.82) is 0 Å². The number of carboxylic acids is 1. The average molecular weight is 713 g/mol. The highest BCUT2D eigenvalue weighted by molar-refractivity contribution is 5.91. The molecule has 0 aliphatic carbocycles. The molecule has 2 aromatic rings. The van der Waals surface area contributed by atoms with E-state index in [0.717, 1.165) is 11.1 Å². The van der Waals surface area contributed by atoms with Crippen LogP contribution < -0.4 is 14.8 Å². The molecule has 0 aromatic heterocycles. The van der Waals surface area contributed by atoms with Gasteiger partial charge in [0.2, 0.25) is 0 Å². The molecule has 12 heteroatoms. The number of carbonyl (C=O) groups is 3. The molecule has 3 rings (SSSR count). The fourth-order valence-electron chi connectivity index (χ4n) is 5.49. The molecule has 0 saturated carbocycles. The SMILES string of the molecule is CC(C)(C)OC(=O)CN1CCNCCN(CC(=O)O)CCN(Cc2c(OC(C)(C)C)cc(C(=O)OCc3ccccc3)cc2OC(C)(C)C)CC1. The van der Waals surface area contributed by atoms with Gasteiger partial charge in [-0.05, 0) is 80.0 Å². The molecule has 284 valence electrons. The maximum atomic E-state index is 13.5. The van der Waals surface area contributed by atoms with Crippen LogP contribution in [0.5, 0.6) is 11.5 Å². The second-order valence-electron chi connectivity index (χ2n) is 16.0. The number of benzene rings is 2. The topological polar surface area (TPSA) is 130 Å². The number of hydrogen-bond acceptors (Lipinski definition) is 11. The van der Waals surface area contributed by atoms with Crippen LogP contribution in [0.4, 0.5) is 0 Å². The summed E-state index contributed by atoms with van der Waals surface area (Å²) in [5.41, 5.74) is 0.162. The number of nitrogens with one attached hydrogen (secondary N) is 1. The Labute approximate surface area is 304 Å². The Morgan fingerprint density at radius 2 is 1.22 bits per heavy atom. The molecule has 12 nitrogen and oxygen atoms in total. The monoisotopic (exact) mass is 712 g/mol. The Kier molecular flexibility index (Phi) is 15.3. The number of esters is 2. The normalized spacial score (nSPS) is 16.4. The number of carbonyl (C=O) groups excluding carboxylic acids is 2. The van der Waals surface area contributed by atoms with Gasteiger partial charge in [-0.1, -0.05) is 30.3 Å². The van der Waals surface area contributed by atoms with Crippen molar-refractivity contribution in [2.75, 3.05) is 65.4 Å². The minimum Gasteiger partial charge on any atom is -0.488 e. The molecular weight excluding hydrogens is 652 g/mol. The molecule has 2 aromatic carbocycles. The highest BCUT2D eigenvalue weighted by atomic mass is 16.6. The van der Waals surface area contributed by atoms with E-state index in [4.69, 9.17) is 18.9 Å². The van der Waals surface area contributed by atoms with Gasteiger partial charge in [-0.3, -0.25) is 24.3 Å². The lowest BCUT2D eigenvalue weighted by molar-refractivity contribution is -0.156. The lowest BCUT2D eigenvalue weighted by Crippen LogP contribution is -2.47. The van der Waals surface area contributed by atoms with Crippen molar-refractivity contribution < 1.29 is 38.4 Å². The first-order valence-corrected chi connectivity index (χ1v) is 17.8. The molecule has 0 atom stereocenters. The van der Waals surface area contributed by atoms with E-state index in [2.05, 4.69) is 15.1 Å². The second kappa shape index (κ2) is 18.7. The molecule has 0 bridgehead atoms. The smallest absolute Gasteiger partial charge is 0.338 e. The summed E-state index contributed by atoms with van der Waals surface area (Å²) in [6.07, 6.45) is 0. The third-order valence-electron chi connectivity index (χ3n) is 7.64. The fraction of sp³-hybridized carbons (Fsp3) is 0.615. The van der Waals surface area contributed by atoms with Gasteiger partial charge < -0.3 is 29.4 Å². The molecule has 0 amide bonds. The Morgan fingerprint density at radius 1 is 0.706 bits per heavy atom. The van der Waals surface area contributed by atoms with Crippen molar-refractivity contribution >= 4 is 17.9 Å². The van der Waals surface area contributed by atoms with E-state index in [1.54, 1.807) is 12.1 Å². The van der Waals surface area contributed by atoms with E-state index in [0.29, 0.717) is 76.0 Å². The van der Waals surface area contributed by atoms with Crippen LogP contribution in [0.25, 0.3) is 0 Å². The van der Waals surface area contributed by atoms with Gasteiger partial charge in [0.15, 0.2) is 0 Å². The van der Waals surface area contributed by atoms with Crippen LogP contribution >= 0.6 is 0 Å². The van der Waals surface area contributed by atoms with Crippen LogP contribution in [0, 0.1) is 0 Å². The lowest BCUT2D eigenvalue weighted by atomic mass is 10.1. The van der Waals surface area contributed by atoms with Gasteiger partial charge in [0.05, 0.1) is 24.2 Å². The van der Waals surface area contributed by atoms with Gasteiger partial charge in [-0.2, -0.15) is 0 Å². The summed E-state index contributed by atoms with van der Waals surface area (Å²) in [7, 11) is 0. The molecule has 2 N–H and O–H groups in total. The highest BCUT2D eigenvalue weighted by Crippen LogP contribution is 2.36. The molecule has 0 radical (unpaired) electrons. The zero-order valence-corrected chi connectivity index (χ0v) is 32.2. The summed E-state index contributed by atoms with van der Waals surface area (Å²) >= 11 is 0. The van der Waals surface area contributed by atoms with E-state index in [-0.39, 0.29) is 25.7 Å². The van der Waals surface area contributed by atoms with Crippen LogP contribution in [0.1, 0.15) is 83.8 Å². The Bertz CT molecular complexity index is 1390. The second-order valence-corrected chi connectivity index (χ2v) is 16.0. The molecule has 1 saturated heterocycles. The summed E-state index contributed by atoms with van der Waals surface area (Å²) in [4.78, 5) is 44.3. The molecule has 0 spiro atoms. The fourth-order valence-corrected chi connectivity index (χ4v) is 5.49. The third-order valence-corrected chi connectivity index (χ3v) is 7.64. The standard InChI is InChI=1S/C39H60N4O8/c1-37(2,3)49-32-23-30(36(47)48-28-29-13-11-10-12-14-29)24-33(50-38(4,5)6)31(32)25-43-21-19-41(26-34(44)45)17-15-40-16-18-42(20-22-43)27-35(46)51-39(7,8)9/h10-14,23-24,40H,15-22,25-28H2,1-9H3,(H,44,45). The average Bonchev–Trinajstić information content (AvgIpc) is 2.98. The predicted octanol–water partition coefficient (Wildman–Crippen LogP) is 4.83. The molecule has 0 unspecified atom stereocenters. The minimum atomic E-state index is -0.881. The lowest BCUT2D eigenvalue weighted by Gasteiger charge is -2.33. The summed E-state index contributed by atoms with van der Waals surface area (Å²) in [5.74, 6) is -0.665. The van der Waals surface area contributed by atoms with Crippen LogP contribution in [0.3, 0.4) is 0 Å².